The first kappa shape index (κ1) is 16.6. The number of carbonyl (C=O) groups excluding carboxylic acids is 2. The quantitative estimate of drug-likeness (QED) is 0.780. The van der Waals surface area contributed by atoms with Gasteiger partial charge in [0, 0.05) is 31.3 Å². The van der Waals surface area contributed by atoms with Crippen molar-refractivity contribution < 1.29 is 14.3 Å². The van der Waals surface area contributed by atoms with Crippen LogP contribution >= 0.6 is 0 Å². The van der Waals surface area contributed by atoms with Crippen molar-refractivity contribution in [3.05, 3.63) is 17.0 Å². The fraction of sp³-hybridized carbons (Fsp3) is 0.625. The van der Waals surface area contributed by atoms with Crippen molar-refractivity contribution in [3.8, 4) is 0 Å². The average molecular weight is 333 g/mol. The van der Waals surface area contributed by atoms with Gasteiger partial charge in [-0.2, -0.15) is 10.2 Å². The molecule has 24 heavy (non-hydrogen) atoms. The normalized spacial score (nSPS) is 22.8. The maximum atomic E-state index is 12.5. The van der Waals surface area contributed by atoms with Gasteiger partial charge in [-0.25, -0.2) is 5.43 Å². The van der Waals surface area contributed by atoms with Crippen LogP contribution in [0.25, 0.3) is 0 Å². The van der Waals surface area contributed by atoms with Crippen LogP contribution in [-0.2, 0) is 23.0 Å². The molecular formula is C16H23N5O3. The lowest BCUT2D eigenvalue weighted by molar-refractivity contribution is -0.119. The highest BCUT2D eigenvalue weighted by molar-refractivity contribution is 6.04. The fourth-order valence-corrected chi connectivity index (χ4v) is 3.35. The number of hydrazone groups is 1. The molecule has 0 aromatic carbocycles. The molecular weight excluding hydrogens is 310 g/mol. The predicted molar refractivity (Wildman–Crippen MR) is 87.6 cm³/mol. The van der Waals surface area contributed by atoms with Crippen molar-refractivity contribution >= 4 is 17.5 Å². The SMILES string of the molecule is C[C@@H]1Cc2c(C(=O)NCCCC3=NNC(=O)C3)nn(C)c2[C@H](C)O1. The molecule has 2 N–H and O–H groups in total. The Balaban J connectivity index is 1.58. The number of amides is 2. The van der Waals surface area contributed by atoms with Crippen molar-refractivity contribution in [1.82, 2.24) is 20.5 Å². The number of aryl methyl sites for hydroxylation is 1. The summed E-state index contributed by atoms with van der Waals surface area (Å²) in [5, 5.41) is 11.2. The Bertz CT molecular complexity index is 694. The van der Waals surface area contributed by atoms with Gasteiger partial charge in [0.2, 0.25) is 5.91 Å². The van der Waals surface area contributed by atoms with Crippen LogP contribution in [0.3, 0.4) is 0 Å². The molecule has 0 fully saturated rings. The van der Waals surface area contributed by atoms with E-state index in [2.05, 4.69) is 20.9 Å². The topological polar surface area (TPSA) is 97.6 Å². The van der Waals surface area contributed by atoms with Crippen molar-refractivity contribution in [2.45, 2.75) is 51.7 Å². The lowest BCUT2D eigenvalue weighted by atomic mass is 9.99. The van der Waals surface area contributed by atoms with Gasteiger partial charge in [0.25, 0.3) is 5.91 Å². The molecule has 1 aromatic rings. The molecule has 0 aliphatic carbocycles. The highest BCUT2D eigenvalue weighted by Crippen LogP contribution is 2.31. The summed E-state index contributed by atoms with van der Waals surface area (Å²) in [5.41, 5.74) is 5.71. The molecule has 0 unspecified atom stereocenters. The summed E-state index contributed by atoms with van der Waals surface area (Å²) >= 11 is 0. The summed E-state index contributed by atoms with van der Waals surface area (Å²) in [4.78, 5) is 23.5. The summed E-state index contributed by atoms with van der Waals surface area (Å²) in [6, 6.07) is 0. The van der Waals surface area contributed by atoms with E-state index in [1.54, 1.807) is 4.68 Å². The summed E-state index contributed by atoms with van der Waals surface area (Å²) in [7, 11) is 1.84. The first-order valence-corrected chi connectivity index (χ1v) is 8.29. The van der Waals surface area contributed by atoms with Gasteiger partial charge in [-0.15, -0.1) is 0 Å². The van der Waals surface area contributed by atoms with Crippen molar-refractivity contribution in [2.24, 2.45) is 12.1 Å². The Hall–Kier alpha value is -2.22. The van der Waals surface area contributed by atoms with E-state index in [0.717, 1.165) is 23.4 Å². The number of rotatable bonds is 5. The van der Waals surface area contributed by atoms with Crippen LogP contribution < -0.4 is 10.7 Å². The third kappa shape index (κ3) is 3.33. The number of hydrogen-bond acceptors (Lipinski definition) is 5. The number of hydrogen-bond donors (Lipinski definition) is 2. The van der Waals surface area contributed by atoms with Crippen LogP contribution in [0.1, 0.15) is 61.0 Å². The van der Waals surface area contributed by atoms with Gasteiger partial charge in [0.05, 0.1) is 24.3 Å². The van der Waals surface area contributed by atoms with Gasteiger partial charge in [-0.1, -0.05) is 0 Å². The molecule has 3 heterocycles. The van der Waals surface area contributed by atoms with E-state index < -0.39 is 0 Å². The number of nitrogens with one attached hydrogen (secondary N) is 2. The number of nitrogens with zero attached hydrogens (tertiary/aromatic N) is 3. The Kier molecular flexibility index (Phi) is 4.66. The molecule has 0 saturated heterocycles. The summed E-state index contributed by atoms with van der Waals surface area (Å²) in [6.07, 6.45) is 2.51. The standard InChI is InChI=1S/C16H23N5O3/c1-9-7-12-14(20-21(3)15(12)10(2)24-9)16(23)17-6-4-5-11-8-13(22)19-18-11/h9-10H,4-8H2,1-3H3,(H,17,23)(H,19,22)/t9-,10+/m1/s1. The van der Waals surface area contributed by atoms with Gasteiger partial charge in [-0.3, -0.25) is 14.3 Å². The average Bonchev–Trinajstić information content (AvgIpc) is 3.07. The summed E-state index contributed by atoms with van der Waals surface area (Å²) in [5.74, 6) is -0.227. The van der Waals surface area contributed by atoms with E-state index >= 15 is 0 Å². The number of ether oxygens (including phenoxy) is 1. The molecule has 0 bridgehead atoms. The highest BCUT2D eigenvalue weighted by Gasteiger charge is 2.31. The van der Waals surface area contributed by atoms with E-state index in [0.29, 0.717) is 31.5 Å². The smallest absolute Gasteiger partial charge is 0.272 e. The van der Waals surface area contributed by atoms with E-state index in [-0.39, 0.29) is 24.0 Å². The minimum absolute atomic E-state index is 0.0618. The molecule has 2 amide bonds. The summed E-state index contributed by atoms with van der Waals surface area (Å²) in [6.45, 7) is 4.51. The highest BCUT2D eigenvalue weighted by atomic mass is 16.5. The maximum absolute atomic E-state index is 12.5. The molecule has 8 heteroatoms. The molecule has 0 spiro atoms. The summed E-state index contributed by atoms with van der Waals surface area (Å²) < 4.78 is 7.55. The van der Waals surface area contributed by atoms with Crippen molar-refractivity contribution in [1.29, 1.82) is 0 Å². The Morgan fingerprint density at radius 2 is 2.25 bits per heavy atom. The minimum atomic E-state index is -0.157. The van der Waals surface area contributed by atoms with E-state index in [9.17, 15) is 9.59 Å². The van der Waals surface area contributed by atoms with Crippen LogP contribution in [0.4, 0.5) is 0 Å². The molecule has 2 aliphatic rings. The van der Waals surface area contributed by atoms with Gasteiger partial charge in [-0.05, 0) is 26.7 Å². The number of fused-ring (bicyclic) bond motifs is 1. The number of aromatic nitrogens is 2. The third-order valence-corrected chi connectivity index (χ3v) is 4.35. The molecule has 130 valence electrons. The monoisotopic (exact) mass is 333 g/mol. The second-order valence-electron chi connectivity index (χ2n) is 6.38. The van der Waals surface area contributed by atoms with Gasteiger partial charge in [0.15, 0.2) is 5.69 Å². The Morgan fingerprint density at radius 3 is 2.96 bits per heavy atom. The zero-order chi connectivity index (χ0) is 17.3. The van der Waals surface area contributed by atoms with Crippen molar-refractivity contribution in [2.75, 3.05) is 6.54 Å². The van der Waals surface area contributed by atoms with E-state index in [1.807, 2.05) is 20.9 Å². The minimum Gasteiger partial charge on any atom is -0.369 e. The molecule has 2 atom stereocenters. The fourth-order valence-electron chi connectivity index (χ4n) is 3.35. The molecule has 0 saturated carbocycles. The predicted octanol–water partition coefficient (Wildman–Crippen LogP) is 0.828. The number of carbonyl (C=O) groups is 2. The van der Waals surface area contributed by atoms with Gasteiger partial charge in [0.1, 0.15) is 0 Å². The van der Waals surface area contributed by atoms with Crippen LogP contribution in [-0.4, -0.2) is 40.0 Å². The molecule has 3 rings (SSSR count). The van der Waals surface area contributed by atoms with Crippen LogP contribution in [0.15, 0.2) is 5.10 Å². The van der Waals surface area contributed by atoms with Crippen LogP contribution in [0, 0.1) is 0 Å². The zero-order valence-corrected chi connectivity index (χ0v) is 14.3. The Morgan fingerprint density at radius 1 is 1.46 bits per heavy atom. The molecule has 2 aliphatic heterocycles. The zero-order valence-electron chi connectivity index (χ0n) is 14.3. The van der Waals surface area contributed by atoms with E-state index in [4.69, 9.17) is 4.74 Å². The first-order chi connectivity index (χ1) is 11.5. The van der Waals surface area contributed by atoms with Gasteiger partial charge < -0.3 is 10.1 Å². The van der Waals surface area contributed by atoms with Gasteiger partial charge >= 0.3 is 0 Å². The first-order valence-electron chi connectivity index (χ1n) is 8.29. The Labute approximate surface area is 140 Å². The molecule has 1 aromatic heterocycles. The lowest BCUT2D eigenvalue weighted by Gasteiger charge is -2.26. The molecule has 8 nitrogen and oxygen atoms in total. The molecule has 0 radical (unpaired) electrons. The third-order valence-electron chi connectivity index (χ3n) is 4.35. The lowest BCUT2D eigenvalue weighted by Crippen LogP contribution is -2.28. The largest absolute Gasteiger partial charge is 0.369 e. The van der Waals surface area contributed by atoms with Crippen LogP contribution in [0.5, 0.6) is 0 Å². The second kappa shape index (κ2) is 6.72. The maximum Gasteiger partial charge on any atom is 0.272 e. The van der Waals surface area contributed by atoms with Crippen LogP contribution in [0.2, 0.25) is 0 Å². The second-order valence-corrected chi connectivity index (χ2v) is 6.38. The van der Waals surface area contributed by atoms with Crippen molar-refractivity contribution in [3.63, 3.8) is 0 Å². The van der Waals surface area contributed by atoms with E-state index in [1.165, 1.54) is 0 Å².